The Morgan fingerprint density at radius 1 is 0.921 bits per heavy atom. The molecule has 3 fully saturated rings. The van der Waals surface area contributed by atoms with Gasteiger partial charge in [0.1, 0.15) is 11.6 Å². The number of aromatic nitrogens is 2. The Bertz CT molecular complexity index is 1060. The summed E-state index contributed by atoms with van der Waals surface area (Å²) in [7, 11) is 0. The van der Waals surface area contributed by atoms with Crippen molar-refractivity contribution in [1.29, 1.82) is 0 Å². The number of halogens is 1. The summed E-state index contributed by atoms with van der Waals surface area (Å²) in [5.74, 6) is 2.63. The highest BCUT2D eigenvalue weighted by atomic mass is 35.5. The SMILES string of the molecule is CC1CCCCN1c1cc(N2CCCCCC2)nc(NC(=S)NCC2(c3ccc(Cl)cc3)CCCCC2)n1. The molecule has 0 bridgehead atoms. The Morgan fingerprint density at radius 3 is 2.29 bits per heavy atom. The van der Waals surface area contributed by atoms with Crippen LogP contribution < -0.4 is 20.4 Å². The lowest BCUT2D eigenvalue weighted by atomic mass is 9.69. The fourth-order valence-electron chi connectivity index (χ4n) is 6.52. The summed E-state index contributed by atoms with van der Waals surface area (Å²) < 4.78 is 0. The minimum absolute atomic E-state index is 0.0672. The van der Waals surface area contributed by atoms with Crippen LogP contribution in [0.5, 0.6) is 0 Å². The van der Waals surface area contributed by atoms with Gasteiger partial charge in [0.15, 0.2) is 5.11 Å². The van der Waals surface area contributed by atoms with E-state index in [1.165, 1.54) is 69.8 Å². The van der Waals surface area contributed by atoms with Gasteiger partial charge in [-0.1, -0.05) is 55.8 Å². The van der Waals surface area contributed by atoms with Gasteiger partial charge in [-0.2, -0.15) is 9.97 Å². The maximum atomic E-state index is 6.20. The molecule has 1 aliphatic carbocycles. The molecule has 0 spiro atoms. The molecule has 3 heterocycles. The second-order valence-corrected chi connectivity index (χ2v) is 12.3. The van der Waals surface area contributed by atoms with Gasteiger partial charge < -0.3 is 20.4 Å². The molecule has 1 unspecified atom stereocenters. The molecule has 1 aromatic carbocycles. The van der Waals surface area contributed by atoms with Crippen molar-refractivity contribution in [2.45, 2.75) is 95.4 Å². The highest BCUT2D eigenvalue weighted by molar-refractivity contribution is 7.80. The number of benzene rings is 1. The molecule has 2 N–H and O–H groups in total. The largest absolute Gasteiger partial charge is 0.361 e. The van der Waals surface area contributed by atoms with Crippen LogP contribution in [0.2, 0.25) is 5.02 Å². The van der Waals surface area contributed by atoms with Crippen molar-refractivity contribution in [3.8, 4) is 0 Å². The van der Waals surface area contributed by atoms with Crippen molar-refractivity contribution in [2.24, 2.45) is 0 Å². The Morgan fingerprint density at radius 2 is 1.58 bits per heavy atom. The van der Waals surface area contributed by atoms with Gasteiger partial charge in [0.05, 0.1) is 0 Å². The first-order valence-electron chi connectivity index (χ1n) is 14.7. The second kappa shape index (κ2) is 12.8. The lowest BCUT2D eigenvalue weighted by Crippen LogP contribution is -2.43. The van der Waals surface area contributed by atoms with E-state index in [2.05, 4.69) is 45.6 Å². The van der Waals surface area contributed by atoms with Gasteiger partial charge in [-0.3, -0.25) is 0 Å². The first-order valence-corrected chi connectivity index (χ1v) is 15.5. The summed E-state index contributed by atoms with van der Waals surface area (Å²) in [5, 5.41) is 8.30. The van der Waals surface area contributed by atoms with Gasteiger partial charge in [-0.05, 0) is 81.8 Å². The van der Waals surface area contributed by atoms with E-state index < -0.39 is 0 Å². The third kappa shape index (κ3) is 6.71. The van der Waals surface area contributed by atoms with Crippen molar-refractivity contribution < 1.29 is 0 Å². The predicted molar refractivity (Wildman–Crippen MR) is 164 cm³/mol. The van der Waals surface area contributed by atoms with E-state index >= 15 is 0 Å². The number of thiocarbonyl (C=S) groups is 1. The molecule has 0 amide bonds. The summed E-state index contributed by atoms with van der Waals surface area (Å²) in [5.41, 5.74) is 1.41. The van der Waals surface area contributed by atoms with E-state index in [1.807, 2.05) is 12.1 Å². The smallest absolute Gasteiger partial charge is 0.232 e. The van der Waals surface area contributed by atoms with Crippen molar-refractivity contribution in [1.82, 2.24) is 15.3 Å². The van der Waals surface area contributed by atoms with Crippen molar-refractivity contribution in [3.05, 3.63) is 40.9 Å². The maximum absolute atomic E-state index is 6.20. The highest BCUT2D eigenvalue weighted by Crippen LogP contribution is 2.39. The Hall–Kier alpha value is -2.12. The topological polar surface area (TPSA) is 56.3 Å². The molecule has 6 nitrogen and oxygen atoms in total. The van der Waals surface area contributed by atoms with Crippen LogP contribution in [0.3, 0.4) is 0 Å². The third-order valence-corrected chi connectivity index (χ3v) is 9.30. The number of nitrogens with one attached hydrogen (secondary N) is 2. The molecule has 2 saturated heterocycles. The minimum atomic E-state index is 0.0672. The second-order valence-electron chi connectivity index (χ2n) is 11.5. The van der Waals surface area contributed by atoms with Gasteiger partial charge in [0.25, 0.3) is 0 Å². The molecule has 1 saturated carbocycles. The van der Waals surface area contributed by atoms with Crippen LogP contribution in [0.4, 0.5) is 17.6 Å². The molecule has 0 radical (unpaired) electrons. The fraction of sp³-hybridized carbons (Fsp3) is 0.633. The van der Waals surface area contributed by atoms with Gasteiger partial charge >= 0.3 is 0 Å². The standard InChI is InChI=1S/C30H43ClN6S/c1-23-11-5-10-20-37(23)27-21-26(36-18-8-2-3-9-19-36)33-28(34-27)35-29(38)32-22-30(16-6-4-7-17-30)24-12-14-25(31)15-13-24/h12-15,21,23H,2-11,16-20,22H2,1H3,(H2,32,33,34,35,38). The van der Waals surface area contributed by atoms with Crippen LogP contribution in [0.15, 0.2) is 30.3 Å². The van der Waals surface area contributed by atoms with Gasteiger partial charge in [0, 0.05) is 48.7 Å². The van der Waals surface area contributed by atoms with E-state index in [-0.39, 0.29) is 5.41 Å². The van der Waals surface area contributed by atoms with E-state index in [0.29, 0.717) is 17.1 Å². The molecule has 5 rings (SSSR count). The number of piperidine rings is 1. The fourth-order valence-corrected chi connectivity index (χ4v) is 6.81. The zero-order valence-electron chi connectivity index (χ0n) is 22.9. The van der Waals surface area contributed by atoms with E-state index in [0.717, 1.165) is 55.7 Å². The van der Waals surface area contributed by atoms with E-state index in [4.69, 9.17) is 33.8 Å². The summed E-state index contributed by atoms with van der Waals surface area (Å²) in [6.07, 6.45) is 14.8. The van der Waals surface area contributed by atoms with Crippen molar-refractivity contribution >= 4 is 46.5 Å². The Kier molecular flexibility index (Phi) is 9.26. The molecule has 1 aromatic heterocycles. The molecular formula is C30H43ClN6S. The van der Waals surface area contributed by atoms with Crippen molar-refractivity contribution in [2.75, 3.05) is 41.3 Å². The maximum Gasteiger partial charge on any atom is 0.232 e. The zero-order chi connectivity index (χ0) is 26.4. The van der Waals surface area contributed by atoms with Gasteiger partial charge in [0.2, 0.25) is 5.95 Å². The zero-order valence-corrected chi connectivity index (χ0v) is 24.4. The average Bonchev–Trinajstić information content (AvgIpc) is 3.23. The number of nitrogens with zero attached hydrogens (tertiary/aromatic N) is 4. The van der Waals surface area contributed by atoms with E-state index in [9.17, 15) is 0 Å². The Labute approximate surface area is 238 Å². The van der Waals surface area contributed by atoms with Crippen LogP contribution in [0, 0.1) is 0 Å². The summed E-state index contributed by atoms with van der Waals surface area (Å²) in [4.78, 5) is 14.8. The molecule has 38 heavy (non-hydrogen) atoms. The summed E-state index contributed by atoms with van der Waals surface area (Å²) in [6, 6.07) is 11.1. The molecule has 3 aliphatic rings. The predicted octanol–water partition coefficient (Wildman–Crippen LogP) is 7.08. The van der Waals surface area contributed by atoms with Crippen LogP contribution in [-0.2, 0) is 5.41 Å². The van der Waals surface area contributed by atoms with Gasteiger partial charge in [-0.15, -0.1) is 0 Å². The van der Waals surface area contributed by atoms with Crippen molar-refractivity contribution in [3.63, 3.8) is 0 Å². The summed E-state index contributed by atoms with van der Waals surface area (Å²) in [6.45, 7) is 6.26. The van der Waals surface area contributed by atoms with E-state index in [1.54, 1.807) is 0 Å². The normalized spacial score (nSPS) is 22.0. The monoisotopic (exact) mass is 554 g/mol. The first kappa shape index (κ1) is 27.4. The first-order chi connectivity index (χ1) is 18.5. The molecule has 2 aliphatic heterocycles. The molecule has 2 aromatic rings. The van der Waals surface area contributed by atoms with Crippen LogP contribution in [0.1, 0.15) is 89.5 Å². The lowest BCUT2D eigenvalue weighted by Gasteiger charge is -2.38. The van der Waals surface area contributed by atoms with Crippen LogP contribution in [0.25, 0.3) is 0 Å². The molecule has 206 valence electrons. The lowest BCUT2D eigenvalue weighted by molar-refractivity contribution is 0.292. The number of hydrogen-bond acceptors (Lipinski definition) is 5. The molecule has 8 heteroatoms. The summed E-state index contributed by atoms with van der Waals surface area (Å²) >= 11 is 12.0. The molecule has 1 atom stereocenters. The number of anilines is 3. The van der Waals surface area contributed by atoms with Crippen LogP contribution in [-0.4, -0.2) is 47.3 Å². The van der Waals surface area contributed by atoms with Gasteiger partial charge in [-0.25, -0.2) is 0 Å². The average molecular weight is 555 g/mol. The van der Waals surface area contributed by atoms with Crippen LogP contribution >= 0.6 is 23.8 Å². The number of hydrogen-bond donors (Lipinski definition) is 2. The minimum Gasteiger partial charge on any atom is -0.361 e. The number of rotatable bonds is 6. The Balaban J connectivity index is 1.33. The quantitative estimate of drug-likeness (QED) is 0.370. The molecular weight excluding hydrogens is 512 g/mol. The highest BCUT2D eigenvalue weighted by Gasteiger charge is 2.34. The third-order valence-electron chi connectivity index (χ3n) is 8.81.